The van der Waals surface area contributed by atoms with Gasteiger partial charge in [0.1, 0.15) is 0 Å². The highest BCUT2D eigenvalue weighted by atomic mass is 15.2. The largest absolute Gasteiger partial charge is 0.323 e. The lowest BCUT2D eigenvalue weighted by Crippen LogP contribution is -2.38. The van der Waals surface area contributed by atoms with Crippen LogP contribution < -0.4 is 5.73 Å². The fraction of sp³-hybridized carbons (Fsp3) is 0.769. The number of likely N-dealkylation sites (tertiary alicyclic amines) is 1. The van der Waals surface area contributed by atoms with Crippen molar-refractivity contribution < 1.29 is 0 Å². The van der Waals surface area contributed by atoms with Gasteiger partial charge in [0.25, 0.3) is 0 Å². The lowest BCUT2D eigenvalue weighted by molar-refractivity contribution is 0.173. The molecule has 1 aliphatic rings. The minimum Gasteiger partial charge on any atom is -0.323 e. The molecule has 0 aliphatic carbocycles. The Morgan fingerprint density at radius 2 is 2.18 bits per heavy atom. The quantitative estimate of drug-likeness (QED) is 0.862. The lowest BCUT2D eigenvalue weighted by atomic mass is 9.94. The van der Waals surface area contributed by atoms with Crippen LogP contribution in [0.1, 0.15) is 37.8 Å². The van der Waals surface area contributed by atoms with E-state index in [1.807, 2.05) is 24.1 Å². The highest BCUT2D eigenvalue weighted by Crippen LogP contribution is 2.21. The zero-order valence-corrected chi connectivity index (χ0v) is 11.0. The highest BCUT2D eigenvalue weighted by Gasteiger charge is 2.20. The summed E-state index contributed by atoms with van der Waals surface area (Å²) < 4.78 is 1.82. The van der Waals surface area contributed by atoms with E-state index in [1.165, 1.54) is 32.4 Å². The predicted molar refractivity (Wildman–Crippen MR) is 69.6 cm³/mol. The maximum atomic E-state index is 6.21. The molecular formula is C13H24N4. The molecule has 4 heteroatoms. The summed E-state index contributed by atoms with van der Waals surface area (Å²) in [5.41, 5.74) is 7.35. The van der Waals surface area contributed by atoms with Crippen molar-refractivity contribution in [2.45, 2.75) is 32.2 Å². The number of aryl methyl sites for hydroxylation is 1. The molecule has 2 N–H and O–H groups in total. The van der Waals surface area contributed by atoms with Gasteiger partial charge in [-0.15, -0.1) is 0 Å². The third kappa shape index (κ3) is 3.30. The predicted octanol–water partition coefficient (Wildman–Crippen LogP) is 1.54. The van der Waals surface area contributed by atoms with Crippen molar-refractivity contribution in [3.8, 4) is 0 Å². The average molecular weight is 236 g/mol. The Kier molecular flexibility index (Phi) is 4.18. The minimum atomic E-state index is 0.0990. The van der Waals surface area contributed by atoms with Crippen LogP contribution in [0.5, 0.6) is 0 Å². The summed E-state index contributed by atoms with van der Waals surface area (Å²) in [7, 11) is 1.93. The lowest BCUT2D eigenvalue weighted by Gasteiger charge is -2.32. The van der Waals surface area contributed by atoms with Crippen LogP contribution in [0, 0.1) is 5.92 Å². The van der Waals surface area contributed by atoms with E-state index in [0.29, 0.717) is 0 Å². The zero-order valence-electron chi connectivity index (χ0n) is 11.0. The molecule has 96 valence electrons. The SMILES string of the molecule is CCC1CCN(CC(N)c2cnn(C)c2)CC1. The van der Waals surface area contributed by atoms with Crippen molar-refractivity contribution in [1.82, 2.24) is 14.7 Å². The Labute approximate surface area is 104 Å². The fourth-order valence-electron chi connectivity index (χ4n) is 2.59. The van der Waals surface area contributed by atoms with E-state index in [-0.39, 0.29) is 6.04 Å². The van der Waals surface area contributed by atoms with Gasteiger partial charge in [-0.25, -0.2) is 0 Å². The molecule has 0 amide bonds. The Morgan fingerprint density at radius 3 is 2.71 bits per heavy atom. The third-order valence-corrected chi connectivity index (χ3v) is 3.89. The molecule has 1 aliphatic heterocycles. The van der Waals surface area contributed by atoms with Crippen LogP contribution in [0.3, 0.4) is 0 Å². The second kappa shape index (κ2) is 5.65. The number of nitrogens with two attached hydrogens (primary N) is 1. The maximum Gasteiger partial charge on any atom is 0.0537 e. The van der Waals surface area contributed by atoms with Gasteiger partial charge in [-0.1, -0.05) is 13.3 Å². The van der Waals surface area contributed by atoms with Gasteiger partial charge in [0.15, 0.2) is 0 Å². The van der Waals surface area contributed by atoms with Gasteiger partial charge in [0, 0.05) is 31.4 Å². The fourth-order valence-corrected chi connectivity index (χ4v) is 2.59. The van der Waals surface area contributed by atoms with E-state index >= 15 is 0 Å². The Morgan fingerprint density at radius 1 is 1.47 bits per heavy atom. The molecule has 17 heavy (non-hydrogen) atoms. The van der Waals surface area contributed by atoms with Gasteiger partial charge >= 0.3 is 0 Å². The van der Waals surface area contributed by atoms with Crippen LogP contribution in [0.25, 0.3) is 0 Å². The van der Waals surface area contributed by atoms with E-state index in [4.69, 9.17) is 5.73 Å². The Balaban J connectivity index is 1.81. The Hall–Kier alpha value is -0.870. The summed E-state index contributed by atoms with van der Waals surface area (Å²) in [6.07, 6.45) is 7.88. The van der Waals surface area contributed by atoms with Crippen molar-refractivity contribution in [3.63, 3.8) is 0 Å². The topological polar surface area (TPSA) is 47.1 Å². The minimum absolute atomic E-state index is 0.0990. The molecule has 1 aromatic rings. The van der Waals surface area contributed by atoms with E-state index in [0.717, 1.165) is 18.0 Å². The van der Waals surface area contributed by atoms with Gasteiger partial charge in [-0.05, 0) is 31.8 Å². The van der Waals surface area contributed by atoms with Gasteiger partial charge < -0.3 is 10.6 Å². The van der Waals surface area contributed by atoms with Crippen molar-refractivity contribution in [2.24, 2.45) is 18.7 Å². The van der Waals surface area contributed by atoms with E-state index in [2.05, 4.69) is 16.9 Å². The molecule has 2 rings (SSSR count). The first-order chi connectivity index (χ1) is 8.19. The number of nitrogens with zero attached hydrogens (tertiary/aromatic N) is 3. The molecule has 4 nitrogen and oxygen atoms in total. The summed E-state index contributed by atoms with van der Waals surface area (Å²) in [6, 6.07) is 0.0990. The first-order valence-electron chi connectivity index (χ1n) is 6.65. The molecule has 2 heterocycles. The summed E-state index contributed by atoms with van der Waals surface area (Å²) >= 11 is 0. The second-order valence-corrected chi connectivity index (χ2v) is 5.21. The summed E-state index contributed by atoms with van der Waals surface area (Å²) in [4.78, 5) is 2.49. The van der Waals surface area contributed by atoms with E-state index < -0.39 is 0 Å². The zero-order chi connectivity index (χ0) is 12.3. The second-order valence-electron chi connectivity index (χ2n) is 5.21. The van der Waals surface area contributed by atoms with Crippen LogP contribution in [-0.2, 0) is 7.05 Å². The molecule has 0 saturated carbocycles. The Bertz CT molecular complexity index is 339. The molecule has 1 fully saturated rings. The van der Waals surface area contributed by atoms with Crippen molar-refractivity contribution >= 4 is 0 Å². The summed E-state index contributed by atoms with van der Waals surface area (Å²) in [5.74, 6) is 0.931. The van der Waals surface area contributed by atoms with Gasteiger partial charge in [0.05, 0.1) is 6.20 Å². The highest BCUT2D eigenvalue weighted by molar-refractivity contribution is 5.10. The first-order valence-corrected chi connectivity index (χ1v) is 6.65. The molecule has 1 saturated heterocycles. The number of hydrogen-bond acceptors (Lipinski definition) is 3. The molecular weight excluding hydrogens is 212 g/mol. The van der Waals surface area contributed by atoms with Gasteiger partial charge in [-0.3, -0.25) is 4.68 Å². The van der Waals surface area contributed by atoms with Crippen molar-refractivity contribution in [3.05, 3.63) is 18.0 Å². The van der Waals surface area contributed by atoms with Crippen LogP contribution in [0.2, 0.25) is 0 Å². The molecule has 0 radical (unpaired) electrons. The van der Waals surface area contributed by atoms with Crippen molar-refractivity contribution in [1.29, 1.82) is 0 Å². The molecule has 0 bridgehead atoms. The summed E-state index contributed by atoms with van der Waals surface area (Å²) in [5, 5.41) is 4.17. The van der Waals surface area contributed by atoms with Crippen molar-refractivity contribution in [2.75, 3.05) is 19.6 Å². The standard InChI is InChI=1S/C13H24N4/c1-3-11-4-6-17(7-5-11)10-13(14)12-8-15-16(2)9-12/h8-9,11,13H,3-7,10,14H2,1-2H3. The normalized spacial score (nSPS) is 20.6. The monoisotopic (exact) mass is 236 g/mol. The first kappa shape index (κ1) is 12.6. The number of hydrogen-bond donors (Lipinski definition) is 1. The summed E-state index contributed by atoms with van der Waals surface area (Å²) in [6.45, 7) is 5.66. The van der Waals surface area contributed by atoms with Gasteiger partial charge in [0.2, 0.25) is 0 Å². The van der Waals surface area contributed by atoms with Crippen LogP contribution in [-0.4, -0.2) is 34.3 Å². The molecule has 1 aromatic heterocycles. The van der Waals surface area contributed by atoms with Gasteiger partial charge in [-0.2, -0.15) is 5.10 Å². The number of rotatable bonds is 4. The average Bonchev–Trinajstić information content (AvgIpc) is 2.77. The number of piperidine rings is 1. The van der Waals surface area contributed by atoms with Crippen LogP contribution in [0.15, 0.2) is 12.4 Å². The molecule has 1 atom stereocenters. The maximum absolute atomic E-state index is 6.21. The van der Waals surface area contributed by atoms with Crippen LogP contribution >= 0.6 is 0 Å². The van der Waals surface area contributed by atoms with E-state index in [9.17, 15) is 0 Å². The molecule has 0 spiro atoms. The van der Waals surface area contributed by atoms with E-state index in [1.54, 1.807) is 0 Å². The third-order valence-electron chi connectivity index (χ3n) is 3.89. The number of aromatic nitrogens is 2. The van der Waals surface area contributed by atoms with Crippen LogP contribution in [0.4, 0.5) is 0 Å². The molecule has 1 unspecified atom stereocenters. The smallest absolute Gasteiger partial charge is 0.0537 e. The molecule has 0 aromatic carbocycles.